The number of carbonyl (C=O) groups is 1. The number of nitrogens with one attached hydrogen (secondary N) is 2. The lowest BCUT2D eigenvalue weighted by atomic mass is 9.97. The van der Waals surface area contributed by atoms with Gasteiger partial charge in [-0.2, -0.15) is 0 Å². The summed E-state index contributed by atoms with van der Waals surface area (Å²) < 4.78 is 0. The summed E-state index contributed by atoms with van der Waals surface area (Å²) in [6, 6.07) is 15.4. The highest BCUT2D eigenvalue weighted by Crippen LogP contribution is 2.27. The number of piperazine rings is 1. The molecule has 0 unspecified atom stereocenters. The first-order valence-corrected chi connectivity index (χ1v) is 10.3. The Balaban J connectivity index is 1.60. The summed E-state index contributed by atoms with van der Waals surface area (Å²) in [5.74, 6) is 0.807. The van der Waals surface area contributed by atoms with Crippen LogP contribution in [0.25, 0.3) is 0 Å². The van der Waals surface area contributed by atoms with Crippen molar-refractivity contribution < 1.29 is 14.8 Å². The van der Waals surface area contributed by atoms with Gasteiger partial charge in [0.15, 0.2) is 6.04 Å². The van der Waals surface area contributed by atoms with Gasteiger partial charge in [-0.15, -0.1) is 0 Å². The second-order valence-corrected chi connectivity index (χ2v) is 7.74. The molecule has 0 aliphatic carbocycles. The second-order valence-electron chi connectivity index (χ2n) is 7.74. The SMILES string of the molecule is CC[C@H](C)c1ccccc1NC(=O)[C@H](C)[NH+]1CCN(c2ccccc2O)CC1. The van der Waals surface area contributed by atoms with Gasteiger partial charge in [-0.25, -0.2) is 0 Å². The number of aromatic hydroxyl groups is 1. The predicted molar refractivity (Wildman–Crippen MR) is 114 cm³/mol. The monoisotopic (exact) mass is 382 g/mol. The minimum Gasteiger partial charge on any atom is -0.506 e. The van der Waals surface area contributed by atoms with Crippen molar-refractivity contribution in [2.45, 2.75) is 39.2 Å². The van der Waals surface area contributed by atoms with Crippen molar-refractivity contribution in [1.82, 2.24) is 0 Å². The molecule has 28 heavy (non-hydrogen) atoms. The van der Waals surface area contributed by atoms with Crippen LogP contribution in [0.15, 0.2) is 48.5 Å². The van der Waals surface area contributed by atoms with Crippen LogP contribution >= 0.6 is 0 Å². The molecule has 2 aromatic rings. The fraction of sp³-hybridized carbons (Fsp3) is 0.435. The zero-order chi connectivity index (χ0) is 20.1. The summed E-state index contributed by atoms with van der Waals surface area (Å²) in [4.78, 5) is 16.4. The molecule has 0 radical (unpaired) electrons. The van der Waals surface area contributed by atoms with Gasteiger partial charge in [0, 0.05) is 5.69 Å². The molecular formula is C23H32N3O2+. The van der Waals surface area contributed by atoms with Crippen LogP contribution in [0.5, 0.6) is 5.75 Å². The lowest BCUT2D eigenvalue weighted by molar-refractivity contribution is -0.914. The van der Waals surface area contributed by atoms with Gasteiger partial charge < -0.3 is 20.2 Å². The van der Waals surface area contributed by atoms with Gasteiger partial charge in [-0.1, -0.05) is 44.2 Å². The van der Waals surface area contributed by atoms with Crippen molar-refractivity contribution >= 4 is 17.3 Å². The maximum absolute atomic E-state index is 12.9. The molecule has 1 aliphatic rings. The Hall–Kier alpha value is -2.53. The Morgan fingerprint density at radius 3 is 2.43 bits per heavy atom. The van der Waals surface area contributed by atoms with E-state index in [0.29, 0.717) is 11.7 Å². The molecule has 5 heteroatoms. The molecule has 2 aromatic carbocycles. The van der Waals surface area contributed by atoms with E-state index in [1.54, 1.807) is 6.07 Å². The van der Waals surface area contributed by atoms with Gasteiger partial charge in [0.1, 0.15) is 5.75 Å². The van der Waals surface area contributed by atoms with Gasteiger partial charge in [-0.3, -0.25) is 4.79 Å². The first-order chi connectivity index (χ1) is 13.5. The molecule has 0 spiro atoms. The third-order valence-corrected chi connectivity index (χ3v) is 6.00. The molecule has 1 fully saturated rings. The molecule has 1 saturated heterocycles. The minimum atomic E-state index is -0.114. The highest BCUT2D eigenvalue weighted by atomic mass is 16.3. The molecule has 0 aromatic heterocycles. The van der Waals surface area contributed by atoms with E-state index in [-0.39, 0.29) is 11.9 Å². The van der Waals surface area contributed by atoms with E-state index in [4.69, 9.17) is 0 Å². The van der Waals surface area contributed by atoms with E-state index in [2.05, 4.69) is 30.1 Å². The molecule has 1 aliphatic heterocycles. The Bertz CT molecular complexity index is 800. The maximum atomic E-state index is 12.9. The molecule has 3 rings (SSSR count). The number of rotatable bonds is 6. The smallest absolute Gasteiger partial charge is 0.282 e. The van der Waals surface area contributed by atoms with E-state index in [1.165, 1.54) is 10.5 Å². The van der Waals surface area contributed by atoms with E-state index in [0.717, 1.165) is 44.0 Å². The van der Waals surface area contributed by atoms with Gasteiger partial charge in [0.2, 0.25) is 0 Å². The molecule has 1 heterocycles. The predicted octanol–water partition coefficient (Wildman–Crippen LogP) is 2.64. The Kier molecular flexibility index (Phi) is 6.57. The number of quaternary nitrogens is 1. The minimum absolute atomic E-state index is 0.0711. The molecular weight excluding hydrogens is 350 g/mol. The summed E-state index contributed by atoms with van der Waals surface area (Å²) in [5.41, 5.74) is 3.01. The largest absolute Gasteiger partial charge is 0.506 e. The Morgan fingerprint density at radius 1 is 1.11 bits per heavy atom. The van der Waals surface area contributed by atoms with Crippen molar-refractivity contribution in [3.05, 3.63) is 54.1 Å². The van der Waals surface area contributed by atoms with E-state index < -0.39 is 0 Å². The lowest BCUT2D eigenvalue weighted by Gasteiger charge is -2.36. The van der Waals surface area contributed by atoms with Crippen LogP contribution in [0.4, 0.5) is 11.4 Å². The zero-order valence-electron chi connectivity index (χ0n) is 17.1. The van der Waals surface area contributed by atoms with Crippen molar-refractivity contribution in [2.24, 2.45) is 0 Å². The van der Waals surface area contributed by atoms with Crippen molar-refractivity contribution in [2.75, 3.05) is 36.4 Å². The molecule has 1 amide bonds. The topological polar surface area (TPSA) is 57.0 Å². The second kappa shape index (κ2) is 9.11. The van der Waals surface area contributed by atoms with Crippen LogP contribution in [0.1, 0.15) is 38.7 Å². The van der Waals surface area contributed by atoms with Gasteiger partial charge in [-0.05, 0) is 43.0 Å². The number of phenolic OH excluding ortho intramolecular Hbond substituents is 1. The normalized spacial score (nSPS) is 17.2. The van der Waals surface area contributed by atoms with Crippen molar-refractivity contribution in [3.63, 3.8) is 0 Å². The highest BCUT2D eigenvalue weighted by Gasteiger charge is 2.30. The van der Waals surface area contributed by atoms with Gasteiger partial charge in [0.25, 0.3) is 5.91 Å². The van der Waals surface area contributed by atoms with Crippen LogP contribution in [0.2, 0.25) is 0 Å². The fourth-order valence-corrected chi connectivity index (χ4v) is 3.89. The standard InChI is InChI=1S/C23H31N3O2/c1-4-17(2)19-9-5-6-10-20(19)24-23(28)18(3)25-13-15-26(16-14-25)21-11-7-8-12-22(21)27/h5-12,17-18,27H,4,13-16H2,1-3H3,(H,24,28)/p+1/t17-,18-/m0/s1. The van der Waals surface area contributed by atoms with Crippen molar-refractivity contribution in [1.29, 1.82) is 0 Å². The van der Waals surface area contributed by atoms with Crippen LogP contribution in [0, 0.1) is 0 Å². The Labute approximate surface area is 168 Å². The highest BCUT2D eigenvalue weighted by molar-refractivity contribution is 5.94. The molecule has 5 nitrogen and oxygen atoms in total. The van der Waals surface area contributed by atoms with E-state index in [1.807, 2.05) is 43.3 Å². The summed E-state index contributed by atoms with van der Waals surface area (Å²) in [6.45, 7) is 9.76. The van der Waals surface area contributed by atoms with Crippen LogP contribution in [-0.2, 0) is 4.79 Å². The molecule has 2 atom stereocenters. The van der Waals surface area contributed by atoms with Crippen LogP contribution in [-0.4, -0.2) is 43.2 Å². The number of para-hydroxylation sites is 3. The zero-order valence-corrected chi connectivity index (χ0v) is 17.1. The quantitative estimate of drug-likeness (QED) is 0.720. The van der Waals surface area contributed by atoms with E-state index in [9.17, 15) is 9.90 Å². The average molecular weight is 383 g/mol. The number of amides is 1. The molecule has 3 N–H and O–H groups in total. The lowest BCUT2D eigenvalue weighted by Crippen LogP contribution is -3.19. The third-order valence-electron chi connectivity index (χ3n) is 6.00. The summed E-state index contributed by atoms with van der Waals surface area (Å²) >= 11 is 0. The molecule has 0 bridgehead atoms. The fourth-order valence-electron chi connectivity index (χ4n) is 3.89. The van der Waals surface area contributed by atoms with Crippen molar-refractivity contribution in [3.8, 4) is 5.75 Å². The number of carbonyl (C=O) groups excluding carboxylic acids is 1. The number of anilines is 2. The first-order valence-electron chi connectivity index (χ1n) is 10.3. The van der Waals surface area contributed by atoms with E-state index >= 15 is 0 Å². The number of benzene rings is 2. The molecule has 0 saturated carbocycles. The number of phenols is 1. The molecule has 150 valence electrons. The number of hydrogen-bond donors (Lipinski definition) is 3. The summed E-state index contributed by atoms with van der Waals surface area (Å²) in [5, 5.41) is 13.2. The Morgan fingerprint density at radius 2 is 1.75 bits per heavy atom. The first kappa shape index (κ1) is 20.2. The number of nitrogens with zero attached hydrogens (tertiary/aromatic N) is 1. The summed E-state index contributed by atoms with van der Waals surface area (Å²) in [7, 11) is 0. The average Bonchev–Trinajstić information content (AvgIpc) is 2.73. The third kappa shape index (κ3) is 4.47. The van der Waals surface area contributed by atoms with Gasteiger partial charge >= 0.3 is 0 Å². The number of hydrogen-bond acceptors (Lipinski definition) is 3. The van der Waals surface area contributed by atoms with Crippen LogP contribution in [0.3, 0.4) is 0 Å². The maximum Gasteiger partial charge on any atom is 0.282 e. The summed E-state index contributed by atoms with van der Waals surface area (Å²) in [6.07, 6.45) is 1.04. The van der Waals surface area contributed by atoms with Gasteiger partial charge in [0.05, 0.1) is 31.9 Å². The van der Waals surface area contributed by atoms with Crippen LogP contribution < -0.4 is 15.1 Å².